The largest absolute Gasteiger partial charge is 0.351 e. The van der Waals surface area contributed by atoms with Crippen molar-refractivity contribution >= 4 is 50.3 Å². The fraction of sp³-hybridized carbons (Fsp3) is 0.462. The molecule has 0 bridgehead atoms. The van der Waals surface area contributed by atoms with Crippen LogP contribution >= 0.6 is 23.4 Å². The van der Waals surface area contributed by atoms with Crippen molar-refractivity contribution < 1.29 is 13.2 Å². The Labute approximate surface area is 142 Å². The summed E-state index contributed by atoms with van der Waals surface area (Å²) >= 11 is 7.13. The van der Waals surface area contributed by atoms with Gasteiger partial charge in [0.2, 0.25) is 5.91 Å². The number of carbonyl (C=O) groups excluding carboxylic acids is 1. The normalized spacial score (nSPS) is 21.4. The van der Waals surface area contributed by atoms with E-state index in [9.17, 15) is 13.2 Å². The number of halogens is 1. The number of carbonyl (C=O) groups is 1. The number of sulfone groups is 1. The van der Waals surface area contributed by atoms with Gasteiger partial charge in [0.05, 0.1) is 27.3 Å². The van der Waals surface area contributed by atoms with Crippen molar-refractivity contribution in [3.63, 3.8) is 0 Å². The molecule has 0 aromatic carbocycles. The fourth-order valence-electron chi connectivity index (χ4n) is 2.36. The number of nitrogens with zero attached hydrogens (tertiary/aromatic N) is 2. The van der Waals surface area contributed by atoms with Crippen LogP contribution in [-0.4, -0.2) is 52.1 Å². The van der Waals surface area contributed by atoms with E-state index in [0.717, 1.165) is 0 Å². The molecule has 2 N–H and O–H groups in total. The summed E-state index contributed by atoms with van der Waals surface area (Å²) in [6.45, 7) is 1.75. The standard InChI is InChI=1S/C13H15ClN4O3S2/c1-7(12(19)16-9-2-3-23(20,21)6-9)22-13-17-10-4-8(14)5-15-11(10)18-13/h4-5,7,9H,2-3,6H2,1H3,(H,16,19)(H,15,17,18)/t7-,9+/m0/s1. The van der Waals surface area contributed by atoms with Crippen molar-refractivity contribution in [1.29, 1.82) is 0 Å². The van der Waals surface area contributed by atoms with Crippen molar-refractivity contribution in [3.8, 4) is 0 Å². The Balaban J connectivity index is 1.63. The van der Waals surface area contributed by atoms with E-state index in [1.807, 2.05) is 0 Å². The van der Waals surface area contributed by atoms with Gasteiger partial charge in [0.15, 0.2) is 20.6 Å². The van der Waals surface area contributed by atoms with Crippen molar-refractivity contribution in [2.45, 2.75) is 29.8 Å². The second-order valence-corrected chi connectivity index (χ2v) is 9.43. The lowest BCUT2D eigenvalue weighted by Gasteiger charge is -2.14. The monoisotopic (exact) mass is 374 g/mol. The van der Waals surface area contributed by atoms with Gasteiger partial charge in [-0.25, -0.2) is 18.4 Å². The molecule has 7 nitrogen and oxygen atoms in total. The van der Waals surface area contributed by atoms with Crippen LogP contribution in [0.15, 0.2) is 17.4 Å². The summed E-state index contributed by atoms with van der Waals surface area (Å²) in [6.07, 6.45) is 1.98. The Kier molecular flexibility index (Phi) is 4.52. The first-order chi connectivity index (χ1) is 10.8. The van der Waals surface area contributed by atoms with Gasteiger partial charge in [-0.3, -0.25) is 4.79 Å². The van der Waals surface area contributed by atoms with Crippen LogP contribution in [0.5, 0.6) is 0 Å². The average molecular weight is 375 g/mol. The van der Waals surface area contributed by atoms with Gasteiger partial charge < -0.3 is 10.3 Å². The number of aromatic amines is 1. The molecule has 10 heteroatoms. The van der Waals surface area contributed by atoms with E-state index in [-0.39, 0.29) is 23.5 Å². The molecule has 0 unspecified atom stereocenters. The SMILES string of the molecule is C[C@H](Sc1nc2ncc(Cl)cc2[nH]1)C(=O)N[C@@H]1CCS(=O)(=O)C1. The Morgan fingerprint density at radius 2 is 2.35 bits per heavy atom. The first-order valence-corrected chi connectivity index (χ1v) is 10.1. The number of thioether (sulfide) groups is 1. The average Bonchev–Trinajstić information content (AvgIpc) is 3.00. The van der Waals surface area contributed by atoms with Gasteiger partial charge in [-0.15, -0.1) is 0 Å². The minimum Gasteiger partial charge on any atom is -0.351 e. The summed E-state index contributed by atoms with van der Waals surface area (Å²) in [5, 5.41) is 3.44. The molecular weight excluding hydrogens is 360 g/mol. The predicted octanol–water partition coefficient (Wildman–Crippen LogP) is 1.40. The van der Waals surface area contributed by atoms with Gasteiger partial charge in [0.1, 0.15) is 0 Å². The molecule has 1 aliphatic rings. The van der Waals surface area contributed by atoms with Crippen molar-refractivity contribution in [2.75, 3.05) is 11.5 Å². The highest BCUT2D eigenvalue weighted by Gasteiger charge is 2.30. The molecule has 0 aliphatic carbocycles. The van der Waals surface area contributed by atoms with E-state index >= 15 is 0 Å². The van der Waals surface area contributed by atoms with Crippen LogP contribution in [-0.2, 0) is 14.6 Å². The van der Waals surface area contributed by atoms with Gasteiger partial charge in [-0.1, -0.05) is 23.4 Å². The minimum absolute atomic E-state index is 0.0170. The molecule has 3 rings (SSSR count). The molecular formula is C13H15ClN4O3S2. The summed E-state index contributed by atoms with van der Waals surface area (Å²) in [7, 11) is -3.01. The van der Waals surface area contributed by atoms with Gasteiger partial charge in [0, 0.05) is 12.2 Å². The Bertz CT molecular complexity index is 852. The van der Waals surface area contributed by atoms with Crippen molar-refractivity contribution in [2.24, 2.45) is 0 Å². The van der Waals surface area contributed by atoms with E-state index in [2.05, 4.69) is 20.3 Å². The number of aromatic nitrogens is 3. The van der Waals surface area contributed by atoms with E-state index in [1.165, 1.54) is 18.0 Å². The highest BCUT2D eigenvalue weighted by Crippen LogP contribution is 2.24. The third kappa shape index (κ3) is 3.96. The van der Waals surface area contributed by atoms with Crippen LogP contribution < -0.4 is 5.32 Å². The van der Waals surface area contributed by atoms with E-state index in [4.69, 9.17) is 11.6 Å². The molecule has 124 valence electrons. The number of amides is 1. The second-order valence-electron chi connectivity index (χ2n) is 5.44. The number of H-pyrrole nitrogens is 1. The van der Waals surface area contributed by atoms with Crippen LogP contribution in [0.1, 0.15) is 13.3 Å². The van der Waals surface area contributed by atoms with E-state index in [1.54, 1.807) is 13.0 Å². The summed E-state index contributed by atoms with van der Waals surface area (Å²) in [6, 6.07) is 1.42. The number of pyridine rings is 1. The maximum atomic E-state index is 12.2. The molecule has 2 atom stereocenters. The summed E-state index contributed by atoms with van der Waals surface area (Å²) < 4.78 is 22.8. The van der Waals surface area contributed by atoms with Gasteiger partial charge in [0.25, 0.3) is 0 Å². The number of imidazole rings is 1. The topological polar surface area (TPSA) is 105 Å². The maximum absolute atomic E-state index is 12.2. The molecule has 3 heterocycles. The lowest BCUT2D eigenvalue weighted by molar-refractivity contribution is -0.120. The molecule has 1 aliphatic heterocycles. The minimum atomic E-state index is -3.01. The second kappa shape index (κ2) is 6.29. The fourth-order valence-corrected chi connectivity index (χ4v) is 5.01. The molecule has 1 saturated heterocycles. The zero-order valence-electron chi connectivity index (χ0n) is 12.2. The number of fused-ring (bicyclic) bond motifs is 1. The number of nitrogens with one attached hydrogen (secondary N) is 2. The Morgan fingerprint density at radius 1 is 1.57 bits per heavy atom. The summed E-state index contributed by atoms with van der Waals surface area (Å²) in [4.78, 5) is 23.6. The van der Waals surface area contributed by atoms with Crippen molar-refractivity contribution in [1.82, 2.24) is 20.3 Å². The molecule has 23 heavy (non-hydrogen) atoms. The predicted molar refractivity (Wildman–Crippen MR) is 89.4 cm³/mol. The first-order valence-electron chi connectivity index (χ1n) is 7.01. The molecule has 0 radical (unpaired) electrons. The van der Waals surface area contributed by atoms with Crippen LogP contribution in [0.25, 0.3) is 11.2 Å². The van der Waals surface area contributed by atoms with Gasteiger partial charge in [-0.05, 0) is 19.4 Å². The Morgan fingerprint density at radius 3 is 3.04 bits per heavy atom. The number of rotatable bonds is 4. The van der Waals surface area contributed by atoms with Crippen LogP contribution in [0.3, 0.4) is 0 Å². The van der Waals surface area contributed by atoms with Gasteiger partial charge >= 0.3 is 0 Å². The van der Waals surface area contributed by atoms with Gasteiger partial charge in [-0.2, -0.15) is 0 Å². The lowest BCUT2D eigenvalue weighted by atomic mass is 10.2. The Hall–Kier alpha value is -1.32. The smallest absolute Gasteiger partial charge is 0.233 e. The quantitative estimate of drug-likeness (QED) is 0.783. The zero-order valence-corrected chi connectivity index (χ0v) is 14.6. The van der Waals surface area contributed by atoms with Crippen molar-refractivity contribution in [3.05, 3.63) is 17.3 Å². The molecule has 2 aromatic rings. The zero-order chi connectivity index (χ0) is 16.6. The van der Waals surface area contributed by atoms with E-state index < -0.39 is 15.1 Å². The maximum Gasteiger partial charge on any atom is 0.233 e. The van der Waals surface area contributed by atoms with Crippen LogP contribution in [0.4, 0.5) is 0 Å². The molecule has 0 spiro atoms. The molecule has 2 aromatic heterocycles. The lowest BCUT2D eigenvalue weighted by Crippen LogP contribution is -2.39. The third-order valence-corrected chi connectivity index (χ3v) is 6.48. The number of hydrogen-bond acceptors (Lipinski definition) is 6. The molecule has 1 amide bonds. The molecule has 1 fully saturated rings. The first kappa shape index (κ1) is 16.5. The summed E-state index contributed by atoms with van der Waals surface area (Å²) in [5.41, 5.74) is 1.24. The van der Waals surface area contributed by atoms with Crippen LogP contribution in [0.2, 0.25) is 5.02 Å². The van der Waals surface area contributed by atoms with Crippen LogP contribution in [0, 0.1) is 0 Å². The third-order valence-electron chi connectivity index (χ3n) is 3.52. The highest BCUT2D eigenvalue weighted by atomic mass is 35.5. The number of hydrogen-bond donors (Lipinski definition) is 2. The molecule has 0 saturated carbocycles. The van der Waals surface area contributed by atoms with E-state index in [0.29, 0.717) is 27.8 Å². The highest BCUT2D eigenvalue weighted by molar-refractivity contribution is 8.00. The summed E-state index contributed by atoms with van der Waals surface area (Å²) in [5.74, 6) is -0.0536.